The van der Waals surface area contributed by atoms with E-state index in [1.807, 2.05) is 31.0 Å². The van der Waals surface area contributed by atoms with E-state index in [1.165, 1.54) is 6.07 Å². The zero-order valence-corrected chi connectivity index (χ0v) is 11.6. The van der Waals surface area contributed by atoms with Gasteiger partial charge in [-0.2, -0.15) is 0 Å². The van der Waals surface area contributed by atoms with Crippen LogP contribution in [-0.2, 0) is 6.54 Å². The summed E-state index contributed by atoms with van der Waals surface area (Å²) in [6, 6.07) is 10.2. The second kappa shape index (κ2) is 6.28. The van der Waals surface area contributed by atoms with Crippen LogP contribution in [0.1, 0.15) is 29.4 Å². The normalized spacial score (nSPS) is 10.3. The van der Waals surface area contributed by atoms with Crippen molar-refractivity contribution in [2.45, 2.75) is 19.9 Å². The lowest BCUT2D eigenvalue weighted by Crippen LogP contribution is -2.17. The van der Waals surface area contributed by atoms with Crippen molar-refractivity contribution in [3.05, 3.63) is 59.7 Å². The van der Waals surface area contributed by atoms with Crippen molar-refractivity contribution < 1.29 is 9.18 Å². The van der Waals surface area contributed by atoms with E-state index in [0.29, 0.717) is 24.2 Å². The van der Waals surface area contributed by atoms with Gasteiger partial charge in [0.05, 0.1) is 11.9 Å². The number of pyridine rings is 1. The summed E-state index contributed by atoms with van der Waals surface area (Å²) in [4.78, 5) is 17.5. The second-order valence-electron chi connectivity index (χ2n) is 4.63. The van der Waals surface area contributed by atoms with Crippen molar-refractivity contribution >= 4 is 11.5 Å². The van der Waals surface area contributed by atoms with Gasteiger partial charge in [0.1, 0.15) is 11.5 Å². The first-order valence-electron chi connectivity index (χ1n) is 6.55. The Balaban J connectivity index is 2.12. The molecule has 0 saturated carbocycles. The Morgan fingerprint density at radius 1 is 1.25 bits per heavy atom. The SMILES string of the molecule is CCC(=O)c1ccc(N(C)Cc2ccccc2F)cn1. The highest BCUT2D eigenvalue weighted by Gasteiger charge is 2.08. The molecular formula is C16H17FN2O. The minimum atomic E-state index is -0.218. The Labute approximate surface area is 118 Å². The number of hydrogen-bond donors (Lipinski definition) is 0. The molecule has 0 fully saturated rings. The van der Waals surface area contributed by atoms with Crippen molar-refractivity contribution in [2.24, 2.45) is 0 Å². The van der Waals surface area contributed by atoms with E-state index in [2.05, 4.69) is 4.98 Å². The smallest absolute Gasteiger partial charge is 0.180 e. The average Bonchev–Trinajstić information content (AvgIpc) is 2.49. The zero-order valence-electron chi connectivity index (χ0n) is 11.6. The van der Waals surface area contributed by atoms with E-state index in [0.717, 1.165) is 5.69 Å². The summed E-state index contributed by atoms with van der Waals surface area (Å²) in [7, 11) is 1.87. The highest BCUT2D eigenvalue weighted by Crippen LogP contribution is 2.16. The summed E-state index contributed by atoms with van der Waals surface area (Å²) < 4.78 is 13.6. The minimum absolute atomic E-state index is 0.0216. The number of Topliss-reactive ketones (excluding diaryl/α,β-unsaturated/α-hetero) is 1. The van der Waals surface area contributed by atoms with Crippen molar-refractivity contribution in [3.63, 3.8) is 0 Å². The van der Waals surface area contributed by atoms with Gasteiger partial charge in [-0.15, -0.1) is 0 Å². The molecule has 1 heterocycles. The van der Waals surface area contributed by atoms with Crippen LogP contribution in [0.3, 0.4) is 0 Å². The number of ketones is 1. The number of hydrogen-bond acceptors (Lipinski definition) is 3. The fourth-order valence-corrected chi connectivity index (χ4v) is 1.93. The molecule has 0 aliphatic heterocycles. The van der Waals surface area contributed by atoms with Gasteiger partial charge >= 0.3 is 0 Å². The lowest BCUT2D eigenvalue weighted by Gasteiger charge is -2.19. The molecule has 0 aliphatic carbocycles. The molecule has 0 amide bonds. The number of nitrogens with zero attached hydrogens (tertiary/aromatic N) is 2. The molecule has 104 valence electrons. The lowest BCUT2D eigenvalue weighted by atomic mass is 10.2. The molecule has 0 atom stereocenters. The van der Waals surface area contributed by atoms with Crippen molar-refractivity contribution in [1.82, 2.24) is 4.98 Å². The maximum atomic E-state index is 13.6. The number of rotatable bonds is 5. The minimum Gasteiger partial charge on any atom is -0.369 e. The van der Waals surface area contributed by atoms with Crippen LogP contribution in [-0.4, -0.2) is 17.8 Å². The molecule has 0 N–H and O–H groups in total. The first kappa shape index (κ1) is 14.2. The molecule has 20 heavy (non-hydrogen) atoms. The molecule has 0 bridgehead atoms. The van der Waals surface area contributed by atoms with E-state index in [9.17, 15) is 9.18 Å². The second-order valence-corrected chi connectivity index (χ2v) is 4.63. The predicted molar refractivity (Wildman–Crippen MR) is 77.4 cm³/mol. The number of halogens is 1. The zero-order chi connectivity index (χ0) is 14.5. The maximum Gasteiger partial charge on any atom is 0.180 e. The molecular weight excluding hydrogens is 255 g/mol. The highest BCUT2D eigenvalue weighted by atomic mass is 19.1. The van der Waals surface area contributed by atoms with Crippen LogP contribution in [0.15, 0.2) is 42.6 Å². The third-order valence-corrected chi connectivity index (χ3v) is 3.16. The van der Waals surface area contributed by atoms with E-state index in [1.54, 1.807) is 24.4 Å². The summed E-state index contributed by atoms with van der Waals surface area (Å²) in [6.45, 7) is 2.26. The lowest BCUT2D eigenvalue weighted by molar-refractivity contribution is 0.0983. The monoisotopic (exact) mass is 272 g/mol. The fourth-order valence-electron chi connectivity index (χ4n) is 1.93. The summed E-state index contributed by atoms with van der Waals surface area (Å²) in [5.41, 5.74) is 1.94. The first-order valence-corrected chi connectivity index (χ1v) is 6.55. The molecule has 2 aromatic rings. The van der Waals surface area contributed by atoms with E-state index < -0.39 is 0 Å². The van der Waals surface area contributed by atoms with Crippen molar-refractivity contribution in [1.29, 1.82) is 0 Å². The van der Waals surface area contributed by atoms with Crippen LogP contribution in [0.5, 0.6) is 0 Å². The molecule has 0 spiro atoms. The number of benzene rings is 1. The molecule has 3 nitrogen and oxygen atoms in total. The van der Waals surface area contributed by atoms with Gasteiger partial charge in [-0.3, -0.25) is 9.78 Å². The summed E-state index contributed by atoms with van der Waals surface area (Å²) in [5, 5.41) is 0. The first-order chi connectivity index (χ1) is 9.61. The molecule has 0 saturated heterocycles. The molecule has 0 aliphatic rings. The van der Waals surface area contributed by atoms with Gasteiger partial charge < -0.3 is 4.90 Å². The topological polar surface area (TPSA) is 33.2 Å². The fraction of sp³-hybridized carbons (Fsp3) is 0.250. The highest BCUT2D eigenvalue weighted by molar-refractivity contribution is 5.94. The van der Waals surface area contributed by atoms with Crippen LogP contribution in [0.25, 0.3) is 0 Å². The van der Waals surface area contributed by atoms with Gasteiger partial charge in [0, 0.05) is 25.6 Å². The summed E-state index contributed by atoms with van der Waals surface area (Å²) in [6.07, 6.45) is 2.08. The number of anilines is 1. The maximum absolute atomic E-state index is 13.6. The number of aromatic nitrogens is 1. The summed E-state index contributed by atoms with van der Waals surface area (Å²) in [5.74, 6) is -0.196. The Morgan fingerprint density at radius 2 is 2.00 bits per heavy atom. The predicted octanol–water partition coefficient (Wildman–Crippen LogP) is 3.45. The molecule has 1 aromatic heterocycles. The van der Waals surface area contributed by atoms with E-state index >= 15 is 0 Å². The number of carbonyl (C=O) groups is 1. The molecule has 2 rings (SSSR count). The number of carbonyl (C=O) groups excluding carboxylic acids is 1. The molecule has 1 aromatic carbocycles. The van der Waals surface area contributed by atoms with Crippen LogP contribution in [0, 0.1) is 5.82 Å². The Morgan fingerprint density at radius 3 is 2.60 bits per heavy atom. The van der Waals surface area contributed by atoms with E-state index in [-0.39, 0.29) is 11.6 Å². The van der Waals surface area contributed by atoms with Gasteiger partial charge in [0.2, 0.25) is 0 Å². The van der Waals surface area contributed by atoms with Gasteiger partial charge in [0.15, 0.2) is 5.78 Å². The molecule has 0 radical (unpaired) electrons. The third kappa shape index (κ3) is 3.20. The van der Waals surface area contributed by atoms with Crippen molar-refractivity contribution in [2.75, 3.05) is 11.9 Å². The van der Waals surface area contributed by atoms with Gasteiger partial charge in [0.25, 0.3) is 0 Å². The van der Waals surface area contributed by atoms with Gasteiger partial charge in [-0.05, 0) is 18.2 Å². The Hall–Kier alpha value is -2.23. The molecule has 0 unspecified atom stereocenters. The van der Waals surface area contributed by atoms with Crippen molar-refractivity contribution in [3.8, 4) is 0 Å². The molecule has 4 heteroatoms. The van der Waals surface area contributed by atoms with Gasteiger partial charge in [-0.25, -0.2) is 4.39 Å². The Kier molecular flexibility index (Phi) is 4.45. The standard InChI is InChI=1S/C16H17FN2O/c1-3-16(20)15-9-8-13(10-18-15)19(2)11-12-6-4-5-7-14(12)17/h4-10H,3,11H2,1-2H3. The average molecular weight is 272 g/mol. The van der Waals surface area contributed by atoms with E-state index in [4.69, 9.17) is 0 Å². The Bertz CT molecular complexity index is 596. The third-order valence-electron chi connectivity index (χ3n) is 3.16. The van der Waals surface area contributed by atoms with Crippen LogP contribution < -0.4 is 4.90 Å². The largest absolute Gasteiger partial charge is 0.369 e. The quantitative estimate of drug-likeness (QED) is 0.782. The summed E-state index contributed by atoms with van der Waals surface area (Å²) >= 11 is 0. The van der Waals surface area contributed by atoms with Gasteiger partial charge in [-0.1, -0.05) is 25.1 Å². The van der Waals surface area contributed by atoms with Crippen LogP contribution in [0.2, 0.25) is 0 Å². The van der Waals surface area contributed by atoms with Crippen LogP contribution in [0.4, 0.5) is 10.1 Å². The van der Waals surface area contributed by atoms with Crippen LogP contribution >= 0.6 is 0 Å².